The van der Waals surface area contributed by atoms with Crippen molar-refractivity contribution in [1.29, 1.82) is 0 Å². The van der Waals surface area contributed by atoms with Crippen LogP contribution < -0.4 is 10.2 Å². The Balaban J connectivity index is 1.96. The molecule has 21 heavy (non-hydrogen) atoms. The molecule has 1 aromatic heterocycles. The fourth-order valence-electron chi connectivity index (χ4n) is 2.61. The highest BCUT2D eigenvalue weighted by Crippen LogP contribution is 2.24. The highest BCUT2D eigenvalue weighted by Gasteiger charge is 2.27. The first-order chi connectivity index (χ1) is 10.2. The lowest BCUT2D eigenvalue weighted by atomic mass is 9.96. The van der Waals surface area contributed by atoms with Crippen LogP contribution in [0.3, 0.4) is 0 Å². The van der Waals surface area contributed by atoms with Gasteiger partial charge < -0.3 is 10.2 Å². The monoisotopic (exact) mass is 294 g/mol. The van der Waals surface area contributed by atoms with Crippen LogP contribution in [0.4, 0.5) is 10.2 Å². The minimum atomic E-state index is -0.325. The molecule has 6 heteroatoms. The van der Waals surface area contributed by atoms with Crippen molar-refractivity contribution in [2.24, 2.45) is 5.92 Å². The number of rotatable bonds is 5. The van der Waals surface area contributed by atoms with E-state index in [1.54, 1.807) is 0 Å². The maximum Gasteiger partial charge on any atom is 0.223 e. The van der Waals surface area contributed by atoms with Crippen molar-refractivity contribution in [3.8, 4) is 0 Å². The van der Waals surface area contributed by atoms with Crippen molar-refractivity contribution >= 4 is 11.7 Å². The topological polar surface area (TPSA) is 58.1 Å². The van der Waals surface area contributed by atoms with Crippen LogP contribution in [-0.2, 0) is 11.2 Å². The molecular weight excluding hydrogens is 271 g/mol. The molecule has 0 unspecified atom stereocenters. The Kier molecular flexibility index (Phi) is 5.47. The van der Waals surface area contributed by atoms with E-state index >= 15 is 0 Å². The minimum absolute atomic E-state index is 0.0309. The van der Waals surface area contributed by atoms with Gasteiger partial charge in [0.05, 0.1) is 5.69 Å². The summed E-state index contributed by atoms with van der Waals surface area (Å²) in [6.45, 7) is 5.94. The molecule has 5 nitrogen and oxygen atoms in total. The average molecular weight is 294 g/mol. The Hall–Kier alpha value is -1.72. The largest absolute Gasteiger partial charge is 0.356 e. The zero-order valence-corrected chi connectivity index (χ0v) is 12.7. The highest BCUT2D eigenvalue weighted by molar-refractivity contribution is 5.78. The second kappa shape index (κ2) is 7.33. The third kappa shape index (κ3) is 3.68. The minimum Gasteiger partial charge on any atom is -0.356 e. The molecule has 0 spiro atoms. The normalized spacial score (nSPS) is 16.0. The molecule has 0 atom stereocenters. The number of carbonyl (C=O) groups is 1. The Morgan fingerprint density at radius 1 is 1.38 bits per heavy atom. The van der Waals surface area contributed by atoms with E-state index in [2.05, 4.69) is 15.3 Å². The Morgan fingerprint density at radius 3 is 2.71 bits per heavy atom. The third-order valence-corrected chi connectivity index (χ3v) is 3.89. The molecule has 1 fully saturated rings. The van der Waals surface area contributed by atoms with Gasteiger partial charge in [0.2, 0.25) is 5.91 Å². The quantitative estimate of drug-likeness (QED) is 0.901. The van der Waals surface area contributed by atoms with Crippen molar-refractivity contribution in [2.75, 3.05) is 24.5 Å². The summed E-state index contributed by atoms with van der Waals surface area (Å²) in [5, 5.41) is 2.93. The van der Waals surface area contributed by atoms with Gasteiger partial charge in [0.25, 0.3) is 0 Å². The molecule has 0 bridgehead atoms. The lowest BCUT2D eigenvalue weighted by Crippen LogP contribution is -2.41. The Bertz CT molecular complexity index is 487. The van der Waals surface area contributed by atoms with Crippen LogP contribution in [0.15, 0.2) is 6.33 Å². The summed E-state index contributed by atoms with van der Waals surface area (Å²) in [6.07, 6.45) is 4.38. The summed E-state index contributed by atoms with van der Waals surface area (Å²) in [5.74, 6) is 0.195. The molecule has 0 aliphatic carbocycles. The van der Waals surface area contributed by atoms with Gasteiger partial charge >= 0.3 is 0 Å². The predicted molar refractivity (Wildman–Crippen MR) is 79.6 cm³/mol. The Labute approximate surface area is 125 Å². The van der Waals surface area contributed by atoms with Crippen LogP contribution >= 0.6 is 0 Å². The number of aromatic nitrogens is 2. The smallest absolute Gasteiger partial charge is 0.223 e. The van der Waals surface area contributed by atoms with E-state index in [-0.39, 0.29) is 17.6 Å². The highest BCUT2D eigenvalue weighted by atomic mass is 19.1. The van der Waals surface area contributed by atoms with Gasteiger partial charge in [-0.05, 0) is 25.7 Å². The number of aryl methyl sites for hydroxylation is 1. The van der Waals surface area contributed by atoms with Gasteiger partial charge in [-0.15, -0.1) is 0 Å². The molecule has 1 aliphatic heterocycles. The maximum atomic E-state index is 14.2. The lowest BCUT2D eigenvalue weighted by molar-refractivity contribution is -0.125. The van der Waals surface area contributed by atoms with E-state index < -0.39 is 0 Å². The average Bonchev–Trinajstić information content (AvgIpc) is 2.53. The molecular formula is C15H23FN4O. The number of nitrogens with zero attached hydrogens (tertiary/aromatic N) is 3. The molecule has 1 N–H and O–H groups in total. The SMILES string of the molecule is CCCNC(=O)C1CCN(c2ncnc(CC)c2F)CC1. The molecule has 2 rings (SSSR count). The van der Waals surface area contributed by atoms with E-state index in [0.29, 0.717) is 31.0 Å². The molecule has 0 radical (unpaired) electrons. The molecule has 1 amide bonds. The molecule has 1 aromatic rings. The number of carbonyl (C=O) groups excluding carboxylic acids is 1. The van der Waals surface area contributed by atoms with Crippen molar-refractivity contribution in [2.45, 2.75) is 39.5 Å². The van der Waals surface area contributed by atoms with Crippen molar-refractivity contribution in [1.82, 2.24) is 15.3 Å². The number of anilines is 1. The third-order valence-electron chi connectivity index (χ3n) is 3.89. The number of halogens is 1. The second-order valence-electron chi connectivity index (χ2n) is 5.36. The fourth-order valence-corrected chi connectivity index (χ4v) is 2.61. The predicted octanol–water partition coefficient (Wildman–Crippen LogP) is 1.92. The van der Waals surface area contributed by atoms with E-state index in [1.165, 1.54) is 6.33 Å². The molecule has 0 aromatic carbocycles. The number of hydrogen-bond donors (Lipinski definition) is 1. The van der Waals surface area contributed by atoms with E-state index in [0.717, 1.165) is 25.8 Å². The molecule has 1 saturated heterocycles. The number of nitrogens with one attached hydrogen (secondary N) is 1. The van der Waals surface area contributed by atoms with E-state index in [4.69, 9.17) is 0 Å². The lowest BCUT2D eigenvalue weighted by Gasteiger charge is -2.32. The summed E-state index contributed by atoms with van der Waals surface area (Å²) in [7, 11) is 0. The van der Waals surface area contributed by atoms with Crippen LogP contribution in [0, 0.1) is 11.7 Å². The van der Waals surface area contributed by atoms with Gasteiger partial charge in [-0.25, -0.2) is 14.4 Å². The van der Waals surface area contributed by atoms with E-state index in [9.17, 15) is 9.18 Å². The van der Waals surface area contributed by atoms with Crippen LogP contribution in [0.5, 0.6) is 0 Å². The van der Waals surface area contributed by atoms with Gasteiger partial charge in [0.1, 0.15) is 6.33 Å². The van der Waals surface area contributed by atoms with Crippen molar-refractivity contribution in [3.63, 3.8) is 0 Å². The fraction of sp³-hybridized carbons (Fsp3) is 0.667. The summed E-state index contributed by atoms with van der Waals surface area (Å²) in [6, 6.07) is 0. The molecule has 116 valence electrons. The van der Waals surface area contributed by atoms with E-state index in [1.807, 2.05) is 18.7 Å². The summed E-state index contributed by atoms with van der Waals surface area (Å²) in [5.41, 5.74) is 0.447. The zero-order valence-electron chi connectivity index (χ0n) is 12.7. The molecule has 0 saturated carbocycles. The first-order valence-corrected chi connectivity index (χ1v) is 7.69. The number of piperidine rings is 1. The van der Waals surface area contributed by atoms with Crippen molar-refractivity contribution in [3.05, 3.63) is 17.8 Å². The summed E-state index contributed by atoms with van der Waals surface area (Å²) in [4.78, 5) is 21.9. The molecule has 2 heterocycles. The first-order valence-electron chi connectivity index (χ1n) is 7.69. The molecule has 1 aliphatic rings. The first kappa shape index (κ1) is 15.7. The zero-order chi connectivity index (χ0) is 15.2. The number of amides is 1. The van der Waals surface area contributed by atoms with Crippen LogP contribution in [0.2, 0.25) is 0 Å². The van der Waals surface area contributed by atoms with Gasteiger partial charge in [-0.3, -0.25) is 4.79 Å². The second-order valence-corrected chi connectivity index (χ2v) is 5.36. The van der Waals surface area contributed by atoms with Gasteiger partial charge in [0, 0.05) is 25.6 Å². The standard InChI is InChI=1S/C15H23FN4O/c1-3-7-17-15(21)11-5-8-20(9-6-11)14-13(16)12(4-2)18-10-19-14/h10-11H,3-9H2,1-2H3,(H,17,21). The van der Waals surface area contributed by atoms with Crippen molar-refractivity contribution < 1.29 is 9.18 Å². The van der Waals surface area contributed by atoms with Crippen LogP contribution in [0.1, 0.15) is 38.8 Å². The van der Waals surface area contributed by atoms with Gasteiger partial charge in [0.15, 0.2) is 11.6 Å². The Morgan fingerprint density at radius 2 is 2.10 bits per heavy atom. The van der Waals surface area contributed by atoms with Crippen LogP contribution in [-0.4, -0.2) is 35.5 Å². The summed E-state index contributed by atoms with van der Waals surface area (Å²) >= 11 is 0. The van der Waals surface area contributed by atoms with Gasteiger partial charge in [-0.1, -0.05) is 13.8 Å². The maximum absolute atomic E-state index is 14.2. The van der Waals surface area contributed by atoms with Gasteiger partial charge in [-0.2, -0.15) is 0 Å². The number of hydrogen-bond acceptors (Lipinski definition) is 4. The van der Waals surface area contributed by atoms with Crippen LogP contribution in [0.25, 0.3) is 0 Å². The summed E-state index contributed by atoms with van der Waals surface area (Å²) < 4.78 is 14.2.